The summed E-state index contributed by atoms with van der Waals surface area (Å²) in [6, 6.07) is 0.0777. The molecule has 0 aliphatic carbocycles. The summed E-state index contributed by atoms with van der Waals surface area (Å²) in [5.74, 6) is 0.588. The van der Waals surface area contributed by atoms with Crippen molar-refractivity contribution in [1.29, 1.82) is 0 Å². The molecule has 0 aromatic carbocycles. The Bertz CT molecular complexity index is 273. The first-order chi connectivity index (χ1) is 7.81. The summed E-state index contributed by atoms with van der Waals surface area (Å²) >= 11 is 1.78. The molecule has 0 aromatic rings. The second kappa shape index (κ2) is 5.95. The summed E-state index contributed by atoms with van der Waals surface area (Å²) in [6.45, 7) is 3.20. The zero-order valence-corrected chi connectivity index (χ0v) is 10.7. The summed E-state index contributed by atoms with van der Waals surface area (Å²) in [5.41, 5.74) is 0. The molecule has 100 valence electrons. The molecule has 1 aliphatic heterocycles. The van der Waals surface area contributed by atoms with Crippen LogP contribution >= 0.6 is 11.8 Å². The van der Waals surface area contributed by atoms with Crippen LogP contribution < -0.4 is 5.32 Å². The maximum atomic E-state index is 11.9. The van der Waals surface area contributed by atoms with Crippen molar-refractivity contribution in [2.45, 2.75) is 31.3 Å². The average molecular weight is 270 g/mol. The van der Waals surface area contributed by atoms with Gasteiger partial charge in [0, 0.05) is 23.6 Å². The number of hydrogen-bond donors (Lipinski definition) is 1. The van der Waals surface area contributed by atoms with E-state index in [-0.39, 0.29) is 18.5 Å². The molecule has 1 rings (SSSR count). The van der Waals surface area contributed by atoms with Crippen molar-refractivity contribution in [2.24, 2.45) is 0 Å². The van der Waals surface area contributed by atoms with Crippen LogP contribution in [0.4, 0.5) is 13.2 Å². The molecule has 0 bridgehead atoms. The minimum atomic E-state index is -4.27. The molecule has 1 fully saturated rings. The Hall–Kier alpha value is -0.430. The van der Waals surface area contributed by atoms with Crippen LogP contribution in [-0.4, -0.2) is 53.7 Å². The topological polar surface area (TPSA) is 32.3 Å². The van der Waals surface area contributed by atoms with Gasteiger partial charge in [-0.3, -0.25) is 4.79 Å². The first-order valence-corrected chi connectivity index (χ1v) is 6.54. The number of nitrogens with zero attached hydrogens (tertiary/aromatic N) is 1. The van der Waals surface area contributed by atoms with E-state index in [1.165, 1.54) is 0 Å². The first-order valence-electron chi connectivity index (χ1n) is 5.50. The van der Waals surface area contributed by atoms with Crippen molar-refractivity contribution in [2.75, 3.05) is 25.4 Å². The van der Waals surface area contributed by atoms with E-state index in [9.17, 15) is 18.0 Å². The lowest BCUT2D eigenvalue weighted by atomic mass is 10.2. The van der Waals surface area contributed by atoms with E-state index in [1.807, 2.05) is 13.8 Å². The van der Waals surface area contributed by atoms with Gasteiger partial charge in [0.1, 0.15) is 0 Å². The number of halogens is 3. The molecular formula is C10H17F3N2OS. The molecule has 1 amide bonds. The van der Waals surface area contributed by atoms with Gasteiger partial charge < -0.3 is 10.2 Å². The molecule has 2 atom stereocenters. The molecule has 3 nitrogen and oxygen atoms in total. The van der Waals surface area contributed by atoms with Gasteiger partial charge in [-0.1, -0.05) is 6.92 Å². The van der Waals surface area contributed by atoms with Crippen LogP contribution in [0.2, 0.25) is 0 Å². The Labute approximate surface area is 103 Å². The second-order valence-corrected chi connectivity index (χ2v) is 5.61. The lowest BCUT2D eigenvalue weighted by Gasteiger charge is -2.37. The van der Waals surface area contributed by atoms with Gasteiger partial charge in [-0.2, -0.15) is 24.9 Å². The van der Waals surface area contributed by atoms with Crippen molar-refractivity contribution in [3.8, 4) is 0 Å². The van der Waals surface area contributed by atoms with Gasteiger partial charge in [0.05, 0.1) is 13.1 Å². The van der Waals surface area contributed by atoms with Gasteiger partial charge in [-0.05, 0) is 6.92 Å². The normalized spacial score (nSPS) is 26.1. The highest BCUT2D eigenvalue weighted by molar-refractivity contribution is 8.00. The molecule has 17 heavy (non-hydrogen) atoms. The van der Waals surface area contributed by atoms with Crippen LogP contribution in [-0.2, 0) is 4.79 Å². The Morgan fingerprint density at radius 2 is 2.12 bits per heavy atom. The van der Waals surface area contributed by atoms with Crippen LogP contribution in [0.1, 0.15) is 13.8 Å². The lowest BCUT2D eigenvalue weighted by Crippen LogP contribution is -2.51. The van der Waals surface area contributed by atoms with Gasteiger partial charge in [-0.15, -0.1) is 0 Å². The fourth-order valence-corrected chi connectivity index (χ4v) is 2.80. The number of rotatable bonds is 3. The van der Waals surface area contributed by atoms with Gasteiger partial charge in [0.15, 0.2) is 0 Å². The maximum absolute atomic E-state index is 11.9. The predicted octanol–water partition coefficient (Wildman–Crippen LogP) is 1.49. The number of amides is 1. The van der Waals surface area contributed by atoms with Gasteiger partial charge in [0.25, 0.3) is 0 Å². The number of thioether (sulfide) groups is 1. The van der Waals surface area contributed by atoms with Crippen LogP contribution in [0, 0.1) is 0 Å². The van der Waals surface area contributed by atoms with Crippen molar-refractivity contribution < 1.29 is 18.0 Å². The second-order valence-electron chi connectivity index (χ2n) is 4.12. The fraction of sp³-hybridized carbons (Fsp3) is 0.900. The third kappa shape index (κ3) is 4.75. The molecule has 0 aromatic heterocycles. The van der Waals surface area contributed by atoms with E-state index in [4.69, 9.17) is 0 Å². The van der Waals surface area contributed by atoms with Crippen LogP contribution in [0.15, 0.2) is 0 Å². The first kappa shape index (κ1) is 14.6. The lowest BCUT2D eigenvalue weighted by molar-refractivity contribution is -0.135. The van der Waals surface area contributed by atoms with Gasteiger partial charge in [0.2, 0.25) is 5.91 Å². The van der Waals surface area contributed by atoms with Crippen molar-refractivity contribution in [3.63, 3.8) is 0 Å². The molecule has 0 radical (unpaired) electrons. The van der Waals surface area contributed by atoms with Gasteiger partial charge >= 0.3 is 6.18 Å². The summed E-state index contributed by atoms with van der Waals surface area (Å²) in [6.07, 6.45) is -4.27. The van der Waals surface area contributed by atoms with Crippen LogP contribution in [0.5, 0.6) is 0 Å². The zero-order chi connectivity index (χ0) is 13.1. The summed E-state index contributed by atoms with van der Waals surface area (Å²) in [7, 11) is 0. The van der Waals surface area contributed by atoms with E-state index < -0.39 is 12.7 Å². The van der Waals surface area contributed by atoms with Crippen molar-refractivity contribution in [3.05, 3.63) is 0 Å². The molecule has 1 N–H and O–H groups in total. The predicted molar refractivity (Wildman–Crippen MR) is 62.0 cm³/mol. The highest BCUT2D eigenvalue weighted by Gasteiger charge is 2.30. The Morgan fingerprint density at radius 3 is 2.71 bits per heavy atom. The Kier molecular flexibility index (Phi) is 5.12. The maximum Gasteiger partial charge on any atom is 0.401 e. The molecule has 7 heteroatoms. The Balaban J connectivity index is 2.37. The number of hydrogen-bond acceptors (Lipinski definition) is 3. The minimum absolute atomic E-state index is 0.0777. The molecule has 1 aliphatic rings. The largest absolute Gasteiger partial charge is 0.401 e. The highest BCUT2D eigenvalue weighted by atomic mass is 32.2. The highest BCUT2D eigenvalue weighted by Crippen LogP contribution is 2.24. The van der Waals surface area contributed by atoms with E-state index in [0.717, 1.165) is 5.75 Å². The van der Waals surface area contributed by atoms with E-state index in [0.29, 0.717) is 11.8 Å². The van der Waals surface area contributed by atoms with E-state index in [2.05, 4.69) is 5.32 Å². The Morgan fingerprint density at radius 1 is 1.47 bits per heavy atom. The monoisotopic (exact) mass is 270 g/mol. The molecule has 1 saturated heterocycles. The quantitative estimate of drug-likeness (QED) is 0.843. The zero-order valence-electron chi connectivity index (χ0n) is 9.88. The number of nitrogens with one attached hydrogen (secondary N) is 1. The molecule has 0 spiro atoms. The van der Waals surface area contributed by atoms with Crippen molar-refractivity contribution >= 4 is 17.7 Å². The third-order valence-corrected chi connectivity index (χ3v) is 4.14. The van der Waals surface area contributed by atoms with Crippen LogP contribution in [0.3, 0.4) is 0 Å². The average Bonchev–Trinajstić information content (AvgIpc) is 2.20. The molecular weight excluding hydrogens is 253 g/mol. The summed E-state index contributed by atoms with van der Waals surface area (Å²) < 4.78 is 35.7. The van der Waals surface area contributed by atoms with Crippen LogP contribution in [0.25, 0.3) is 0 Å². The number of carbonyl (C=O) groups is 1. The standard InChI is InChI=1S/C10H17F3N2OS/c1-7-8(2)17-4-3-15(7)9(16)5-14-6-10(11,12)13/h7-8,14H,3-6H2,1-2H3. The van der Waals surface area contributed by atoms with E-state index >= 15 is 0 Å². The minimum Gasteiger partial charge on any atom is -0.337 e. The molecule has 1 heterocycles. The summed E-state index contributed by atoms with van der Waals surface area (Å²) in [4.78, 5) is 13.4. The summed E-state index contributed by atoms with van der Waals surface area (Å²) in [5, 5.41) is 2.46. The fourth-order valence-electron chi connectivity index (χ4n) is 1.70. The van der Waals surface area contributed by atoms with E-state index in [1.54, 1.807) is 16.7 Å². The SMILES string of the molecule is CC1SCCN(C(=O)CNCC(F)(F)F)C1C. The number of alkyl halides is 3. The molecule has 2 unspecified atom stereocenters. The third-order valence-electron chi connectivity index (χ3n) is 2.81. The smallest absolute Gasteiger partial charge is 0.337 e. The molecule has 0 saturated carbocycles. The van der Waals surface area contributed by atoms with Crippen molar-refractivity contribution in [1.82, 2.24) is 10.2 Å². The van der Waals surface area contributed by atoms with Gasteiger partial charge in [-0.25, -0.2) is 0 Å². The number of carbonyl (C=O) groups excluding carboxylic acids is 1.